The van der Waals surface area contributed by atoms with Gasteiger partial charge in [-0.2, -0.15) is 0 Å². The molecule has 0 bridgehead atoms. The van der Waals surface area contributed by atoms with Crippen LogP contribution >= 0.6 is 11.6 Å². The second-order valence-corrected chi connectivity index (χ2v) is 5.37. The highest BCUT2D eigenvalue weighted by atomic mass is 35.5. The van der Waals surface area contributed by atoms with Crippen molar-refractivity contribution in [2.24, 2.45) is 0 Å². The van der Waals surface area contributed by atoms with Crippen molar-refractivity contribution >= 4 is 11.6 Å². The quantitative estimate of drug-likeness (QED) is 0.664. The average molecular weight is 223 g/mol. The SMILES string of the molecule is ClC1(c2ccc3c(c2)CCCC3)COC1. The lowest BCUT2D eigenvalue weighted by atomic mass is 9.87. The molecule has 0 spiro atoms. The molecule has 0 amide bonds. The van der Waals surface area contributed by atoms with E-state index < -0.39 is 0 Å². The molecule has 1 aliphatic carbocycles. The summed E-state index contributed by atoms with van der Waals surface area (Å²) in [5, 5.41) is 0. The van der Waals surface area contributed by atoms with Gasteiger partial charge in [-0.15, -0.1) is 11.6 Å². The minimum atomic E-state index is -0.230. The summed E-state index contributed by atoms with van der Waals surface area (Å²) in [4.78, 5) is -0.230. The van der Waals surface area contributed by atoms with Gasteiger partial charge in [-0.3, -0.25) is 0 Å². The van der Waals surface area contributed by atoms with E-state index in [0.29, 0.717) is 13.2 Å². The smallest absolute Gasteiger partial charge is 0.116 e. The predicted molar refractivity (Wildman–Crippen MR) is 61.4 cm³/mol. The number of rotatable bonds is 1. The minimum absolute atomic E-state index is 0.230. The second-order valence-electron chi connectivity index (χ2n) is 4.65. The molecular weight excluding hydrogens is 208 g/mol. The highest BCUT2D eigenvalue weighted by molar-refractivity contribution is 6.24. The fraction of sp³-hybridized carbons (Fsp3) is 0.538. The highest BCUT2D eigenvalue weighted by Crippen LogP contribution is 2.38. The Kier molecular flexibility index (Phi) is 2.26. The first-order valence-electron chi connectivity index (χ1n) is 5.67. The number of fused-ring (bicyclic) bond motifs is 1. The van der Waals surface area contributed by atoms with E-state index in [0.717, 1.165) is 0 Å². The molecule has 0 aromatic heterocycles. The Morgan fingerprint density at radius 2 is 1.80 bits per heavy atom. The molecule has 3 rings (SSSR count). The second kappa shape index (κ2) is 3.50. The monoisotopic (exact) mass is 222 g/mol. The molecule has 0 N–H and O–H groups in total. The summed E-state index contributed by atoms with van der Waals surface area (Å²) in [7, 11) is 0. The molecule has 0 atom stereocenters. The number of halogens is 1. The van der Waals surface area contributed by atoms with Gasteiger partial charge in [0, 0.05) is 0 Å². The van der Waals surface area contributed by atoms with E-state index in [-0.39, 0.29) is 4.87 Å². The molecule has 2 aliphatic rings. The Morgan fingerprint density at radius 1 is 1.07 bits per heavy atom. The standard InChI is InChI=1S/C13H15ClO/c14-13(8-15-9-13)12-6-5-10-3-1-2-4-11(10)7-12/h5-7H,1-4,8-9H2. The average Bonchev–Trinajstić information content (AvgIpc) is 2.25. The van der Waals surface area contributed by atoms with Crippen LogP contribution in [-0.4, -0.2) is 13.2 Å². The van der Waals surface area contributed by atoms with Crippen LogP contribution in [0.1, 0.15) is 29.5 Å². The van der Waals surface area contributed by atoms with Crippen LogP contribution in [0.3, 0.4) is 0 Å². The van der Waals surface area contributed by atoms with Gasteiger partial charge in [0.1, 0.15) is 4.87 Å². The Hall–Kier alpha value is -0.530. The first kappa shape index (κ1) is 9.68. The van der Waals surface area contributed by atoms with Crippen molar-refractivity contribution in [2.75, 3.05) is 13.2 Å². The molecule has 15 heavy (non-hydrogen) atoms. The topological polar surface area (TPSA) is 9.23 Å². The molecule has 2 heteroatoms. The fourth-order valence-corrected chi connectivity index (χ4v) is 2.73. The molecular formula is C13H15ClO. The first-order valence-corrected chi connectivity index (χ1v) is 6.05. The van der Waals surface area contributed by atoms with Crippen molar-refractivity contribution in [3.63, 3.8) is 0 Å². The Bertz CT molecular complexity index is 382. The van der Waals surface area contributed by atoms with Crippen LogP contribution in [0, 0.1) is 0 Å². The van der Waals surface area contributed by atoms with Gasteiger partial charge in [-0.05, 0) is 42.4 Å². The van der Waals surface area contributed by atoms with Gasteiger partial charge >= 0.3 is 0 Å². The van der Waals surface area contributed by atoms with Crippen LogP contribution in [0.4, 0.5) is 0 Å². The van der Waals surface area contributed by atoms with Crippen LogP contribution in [0.25, 0.3) is 0 Å². The van der Waals surface area contributed by atoms with Crippen molar-refractivity contribution in [2.45, 2.75) is 30.6 Å². The maximum atomic E-state index is 6.45. The van der Waals surface area contributed by atoms with E-state index in [9.17, 15) is 0 Å². The van der Waals surface area contributed by atoms with E-state index in [1.54, 1.807) is 0 Å². The molecule has 1 aromatic rings. The molecule has 1 nitrogen and oxygen atoms in total. The van der Waals surface area contributed by atoms with Crippen LogP contribution in [-0.2, 0) is 22.5 Å². The van der Waals surface area contributed by atoms with Crippen LogP contribution in [0.2, 0.25) is 0 Å². The Balaban J connectivity index is 1.97. The number of aryl methyl sites for hydroxylation is 2. The minimum Gasteiger partial charge on any atom is -0.377 e. The number of ether oxygens (including phenoxy) is 1. The van der Waals surface area contributed by atoms with Gasteiger partial charge in [0.25, 0.3) is 0 Å². The van der Waals surface area contributed by atoms with Gasteiger partial charge in [0.2, 0.25) is 0 Å². The number of benzene rings is 1. The van der Waals surface area contributed by atoms with Gasteiger partial charge in [-0.1, -0.05) is 18.2 Å². The Morgan fingerprint density at radius 3 is 2.47 bits per heavy atom. The van der Waals surface area contributed by atoms with E-state index in [2.05, 4.69) is 18.2 Å². The van der Waals surface area contributed by atoms with E-state index in [1.165, 1.54) is 42.4 Å². The van der Waals surface area contributed by atoms with Crippen molar-refractivity contribution < 1.29 is 4.74 Å². The molecule has 1 fully saturated rings. The summed E-state index contributed by atoms with van der Waals surface area (Å²) in [6, 6.07) is 6.73. The molecule has 0 unspecified atom stereocenters. The summed E-state index contributed by atoms with van der Waals surface area (Å²) in [6.45, 7) is 1.32. The Labute approximate surface area is 95.4 Å². The van der Waals surface area contributed by atoms with Crippen molar-refractivity contribution in [1.29, 1.82) is 0 Å². The number of hydrogen-bond acceptors (Lipinski definition) is 1. The zero-order valence-corrected chi connectivity index (χ0v) is 9.52. The molecule has 0 radical (unpaired) electrons. The maximum Gasteiger partial charge on any atom is 0.116 e. The van der Waals surface area contributed by atoms with Crippen LogP contribution < -0.4 is 0 Å². The van der Waals surface area contributed by atoms with Crippen LogP contribution in [0.5, 0.6) is 0 Å². The van der Waals surface area contributed by atoms with E-state index in [4.69, 9.17) is 16.3 Å². The van der Waals surface area contributed by atoms with Gasteiger partial charge < -0.3 is 4.74 Å². The van der Waals surface area contributed by atoms with Crippen molar-refractivity contribution in [3.05, 3.63) is 34.9 Å². The predicted octanol–water partition coefficient (Wildman–Crippen LogP) is 3.03. The lowest BCUT2D eigenvalue weighted by Crippen LogP contribution is -2.41. The van der Waals surface area contributed by atoms with Crippen molar-refractivity contribution in [3.8, 4) is 0 Å². The molecule has 1 aliphatic heterocycles. The number of alkyl halides is 1. The largest absolute Gasteiger partial charge is 0.377 e. The molecule has 0 saturated carbocycles. The summed E-state index contributed by atoms with van der Waals surface area (Å²) in [5.41, 5.74) is 4.27. The normalized spacial score (nSPS) is 23.0. The van der Waals surface area contributed by atoms with E-state index in [1.807, 2.05) is 0 Å². The lowest BCUT2D eigenvalue weighted by Gasteiger charge is -2.36. The highest BCUT2D eigenvalue weighted by Gasteiger charge is 2.38. The molecule has 1 aromatic carbocycles. The molecule has 1 saturated heterocycles. The first-order chi connectivity index (χ1) is 7.28. The summed E-state index contributed by atoms with van der Waals surface area (Å²) in [6.07, 6.45) is 5.11. The summed E-state index contributed by atoms with van der Waals surface area (Å²) < 4.78 is 5.20. The number of hydrogen-bond donors (Lipinski definition) is 0. The third-order valence-corrected chi connectivity index (χ3v) is 3.96. The van der Waals surface area contributed by atoms with Gasteiger partial charge in [-0.25, -0.2) is 0 Å². The van der Waals surface area contributed by atoms with Crippen molar-refractivity contribution in [1.82, 2.24) is 0 Å². The van der Waals surface area contributed by atoms with Crippen LogP contribution in [0.15, 0.2) is 18.2 Å². The van der Waals surface area contributed by atoms with Gasteiger partial charge in [0.05, 0.1) is 13.2 Å². The third-order valence-electron chi connectivity index (χ3n) is 3.53. The zero-order chi connectivity index (χ0) is 10.3. The summed E-state index contributed by atoms with van der Waals surface area (Å²) in [5.74, 6) is 0. The molecule has 1 heterocycles. The fourth-order valence-electron chi connectivity index (χ4n) is 2.46. The van der Waals surface area contributed by atoms with E-state index >= 15 is 0 Å². The molecule has 80 valence electrons. The summed E-state index contributed by atoms with van der Waals surface area (Å²) >= 11 is 6.45. The zero-order valence-electron chi connectivity index (χ0n) is 8.76. The maximum absolute atomic E-state index is 6.45. The lowest BCUT2D eigenvalue weighted by molar-refractivity contribution is -0.0152. The van der Waals surface area contributed by atoms with Gasteiger partial charge in [0.15, 0.2) is 0 Å². The third kappa shape index (κ3) is 1.58.